The summed E-state index contributed by atoms with van der Waals surface area (Å²) in [6, 6.07) is 4.20. The van der Waals surface area contributed by atoms with Crippen molar-refractivity contribution in [3.63, 3.8) is 0 Å². The molecule has 0 unspecified atom stereocenters. The average Bonchev–Trinajstić information content (AvgIpc) is 2.73. The van der Waals surface area contributed by atoms with Crippen molar-refractivity contribution in [2.75, 3.05) is 20.6 Å². The van der Waals surface area contributed by atoms with Crippen LogP contribution in [0, 0.1) is 0 Å². The van der Waals surface area contributed by atoms with Gasteiger partial charge in [-0.1, -0.05) is 13.3 Å². The van der Waals surface area contributed by atoms with Crippen LogP contribution in [0.4, 0.5) is 0 Å². The van der Waals surface area contributed by atoms with E-state index in [2.05, 4.69) is 57.2 Å². The number of nitrogens with one attached hydrogen (secondary N) is 1. The minimum absolute atomic E-state index is 0.833. The molecule has 0 saturated carbocycles. The largest absolute Gasteiger partial charge is 0.351 e. The maximum Gasteiger partial charge on any atom is 0.193 e. The van der Waals surface area contributed by atoms with Crippen LogP contribution in [0.5, 0.6) is 0 Å². The van der Waals surface area contributed by atoms with E-state index in [-0.39, 0.29) is 0 Å². The van der Waals surface area contributed by atoms with Crippen LogP contribution in [0.25, 0.3) is 0 Å². The fourth-order valence-corrected chi connectivity index (χ4v) is 2.92. The van der Waals surface area contributed by atoms with Crippen molar-refractivity contribution >= 4 is 33.2 Å². The molecule has 17 heavy (non-hydrogen) atoms. The van der Waals surface area contributed by atoms with Crippen LogP contribution in [-0.4, -0.2) is 31.5 Å². The third kappa shape index (κ3) is 5.08. The molecule has 0 fully saturated rings. The molecule has 0 aliphatic carbocycles. The highest BCUT2D eigenvalue weighted by Crippen LogP contribution is 2.21. The van der Waals surface area contributed by atoms with Gasteiger partial charge in [0, 0.05) is 25.5 Å². The van der Waals surface area contributed by atoms with Crippen LogP contribution in [-0.2, 0) is 6.54 Å². The molecule has 0 saturated heterocycles. The molecule has 5 heteroatoms. The Kier molecular flexibility index (Phi) is 6.58. The lowest BCUT2D eigenvalue weighted by atomic mass is 10.3. The van der Waals surface area contributed by atoms with Crippen LogP contribution in [0.15, 0.2) is 20.9 Å². The van der Waals surface area contributed by atoms with Crippen molar-refractivity contribution in [2.45, 2.75) is 26.3 Å². The zero-order chi connectivity index (χ0) is 12.7. The van der Waals surface area contributed by atoms with Gasteiger partial charge in [0.2, 0.25) is 0 Å². The Labute approximate surface area is 116 Å². The Morgan fingerprint density at radius 1 is 1.53 bits per heavy atom. The van der Waals surface area contributed by atoms with Crippen molar-refractivity contribution < 1.29 is 0 Å². The van der Waals surface area contributed by atoms with Crippen LogP contribution >= 0.6 is 27.3 Å². The summed E-state index contributed by atoms with van der Waals surface area (Å²) < 4.78 is 1.17. The van der Waals surface area contributed by atoms with Crippen molar-refractivity contribution in [3.8, 4) is 0 Å². The predicted octanol–water partition coefficient (Wildman–Crippen LogP) is 3.32. The Morgan fingerprint density at radius 2 is 2.29 bits per heavy atom. The highest BCUT2D eigenvalue weighted by atomic mass is 79.9. The predicted molar refractivity (Wildman–Crippen MR) is 79.8 cm³/mol. The Bertz CT molecular complexity index is 362. The fourth-order valence-electron chi connectivity index (χ4n) is 1.50. The fraction of sp³-hybridized carbons (Fsp3) is 0.583. The Balaban J connectivity index is 2.42. The van der Waals surface area contributed by atoms with Gasteiger partial charge in [0.1, 0.15) is 0 Å². The van der Waals surface area contributed by atoms with Gasteiger partial charge in [0.15, 0.2) is 5.96 Å². The van der Waals surface area contributed by atoms with Crippen molar-refractivity contribution in [1.29, 1.82) is 0 Å². The summed E-state index contributed by atoms with van der Waals surface area (Å²) in [6.07, 6.45) is 2.40. The van der Waals surface area contributed by atoms with Gasteiger partial charge in [-0.3, -0.25) is 4.99 Å². The molecule has 0 spiro atoms. The monoisotopic (exact) mass is 317 g/mol. The zero-order valence-corrected chi connectivity index (χ0v) is 13.1. The van der Waals surface area contributed by atoms with E-state index in [1.54, 1.807) is 11.3 Å². The van der Waals surface area contributed by atoms with Crippen LogP contribution in [0.1, 0.15) is 24.6 Å². The molecule has 96 valence electrons. The minimum Gasteiger partial charge on any atom is -0.351 e. The third-order valence-electron chi connectivity index (χ3n) is 2.47. The summed E-state index contributed by atoms with van der Waals surface area (Å²) in [5.41, 5.74) is 0. The second-order valence-electron chi connectivity index (χ2n) is 3.88. The smallest absolute Gasteiger partial charge is 0.193 e. The number of nitrogens with zero attached hydrogens (tertiary/aromatic N) is 2. The van der Waals surface area contributed by atoms with Gasteiger partial charge in [0.25, 0.3) is 0 Å². The Hall–Kier alpha value is -0.550. The molecule has 1 aromatic heterocycles. The molecular weight excluding hydrogens is 298 g/mol. The molecule has 0 radical (unpaired) electrons. The van der Waals surface area contributed by atoms with E-state index in [1.165, 1.54) is 21.5 Å². The number of hydrogen-bond donors (Lipinski definition) is 1. The quantitative estimate of drug-likeness (QED) is 0.666. The first-order valence-electron chi connectivity index (χ1n) is 5.83. The summed E-state index contributed by atoms with van der Waals surface area (Å²) >= 11 is 5.22. The molecule has 0 aliphatic heterocycles. The summed E-state index contributed by atoms with van der Waals surface area (Å²) in [7, 11) is 3.91. The number of unbranched alkanes of at least 4 members (excludes halogenated alkanes) is 1. The van der Waals surface area contributed by atoms with E-state index >= 15 is 0 Å². The minimum atomic E-state index is 0.833. The normalized spacial score (nSPS) is 11.6. The lowest BCUT2D eigenvalue weighted by Crippen LogP contribution is -2.38. The summed E-state index contributed by atoms with van der Waals surface area (Å²) in [5, 5.41) is 3.37. The van der Waals surface area contributed by atoms with Crippen molar-refractivity contribution in [3.05, 3.63) is 20.8 Å². The van der Waals surface area contributed by atoms with Gasteiger partial charge in [-0.25, -0.2) is 0 Å². The number of thiophene rings is 1. The van der Waals surface area contributed by atoms with Crippen LogP contribution in [0.3, 0.4) is 0 Å². The summed E-state index contributed by atoms with van der Waals surface area (Å²) in [4.78, 5) is 7.77. The maximum atomic E-state index is 4.29. The first kappa shape index (κ1) is 14.5. The molecule has 0 aromatic carbocycles. The maximum absolute atomic E-state index is 4.29. The highest BCUT2D eigenvalue weighted by Gasteiger charge is 2.05. The second kappa shape index (κ2) is 7.71. The van der Waals surface area contributed by atoms with Crippen LogP contribution in [0.2, 0.25) is 0 Å². The van der Waals surface area contributed by atoms with Crippen LogP contribution < -0.4 is 5.32 Å². The lowest BCUT2D eigenvalue weighted by molar-refractivity contribution is 0.465. The van der Waals surface area contributed by atoms with Gasteiger partial charge in [-0.2, -0.15) is 0 Å². The molecule has 3 nitrogen and oxygen atoms in total. The number of guanidine groups is 1. The van der Waals surface area contributed by atoms with Gasteiger partial charge in [0.05, 0.1) is 10.3 Å². The number of rotatable bonds is 5. The van der Waals surface area contributed by atoms with Gasteiger partial charge >= 0.3 is 0 Å². The van der Waals surface area contributed by atoms with Crippen molar-refractivity contribution in [1.82, 2.24) is 10.2 Å². The number of hydrogen-bond acceptors (Lipinski definition) is 2. The second-order valence-corrected chi connectivity index (χ2v) is 6.43. The number of aliphatic imine (C=N–C) groups is 1. The molecular formula is C12H20BrN3S. The molecule has 0 amide bonds. The van der Waals surface area contributed by atoms with E-state index < -0.39 is 0 Å². The van der Waals surface area contributed by atoms with E-state index in [9.17, 15) is 0 Å². The first-order valence-corrected chi connectivity index (χ1v) is 7.44. The third-order valence-corrected chi connectivity index (χ3v) is 4.09. The molecule has 1 heterocycles. The first-order chi connectivity index (χ1) is 8.17. The van der Waals surface area contributed by atoms with Gasteiger partial charge in [-0.05, 0) is 34.5 Å². The summed E-state index contributed by atoms with van der Waals surface area (Å²) in [6.45, 7) is 4.08. The van der Waals surface area contributed by atoms with Gasteiger partial charge in [-0.15, -0.1) is 11.3 Å². The van der Waals surface area contributed by atoms with Gasteiger partial charge < -0.3 is 10.2 Å². The number of halogens is 1. The Morgan fingerprint density at radius 3 is 2.82 bits per heavy atom. The molecule has 0 bridgehead atoms. The summed E-state index contributed by atoms with van der Waals surface area (Å²) in [5.74, 6) is 0.961. The van der Waals surface area contributed by atoms with Crippen molar-refractivity contribution in [2.24, 2.45) is 4.99 Å². The van der Waals surface area contributed by atoms with E-state index in [0.29, 0.717) is 0 Å². The zero-order valence-electron chi connectivity index (χ0n) is 10.7. The molecule has 1 aromatic rings. The SMILES string of the molecule is CCCCN(C)C(=NC)NCc1ccc(Br)s1. The van der Waals surface area contributed by atoms with E-state index in [4.69, 9.17) is 0 Å². The molecule has 1 N–H and O–H groups in total. The standard InChI is InChI=1S/C12H20BrN3S/c1-4-5-8-16(3)12(14-2)15-9-10-6-7-11(13)17-10/h6-7H,4-5,8-9H2,1-3H3,(H,14,15). The lowest BCUT2D eigenvalue weighted by Gasteiger charge is -2.21. The molecule has 0 atom stereocenters. The van der Waals surface area contributed by atoms with E-state index in [0.717, 1.165) is 19.0 Å². The average molecular weight is 318 g/mol. The topological polar surface area (TPSA) is 27.6 Å². The molecule has 1 rings (SSSR count). The van der Waals surface area contributed by atoms with E-state index in [1.807, 2.05) is 7.05 Å². The molecule has 0 aliphatic rings. The highest BCUT2D eigenvalue weighted by molar-refractivity contribution is 9.11.